The molecule has 3 N–H and O–H groups in total. The van der Waals surface area contributed by atoms with E-state index in [9.17, 15) is 13.2 Å². The van der Waals surface area contributed by atoms with Crippen LogP contribution in [0.25, 0.3) is 0 Å². The van der Waals surface area contributed by atoms with Gasteiger partial charge in [0.1, 0.15) is 5.75 Å². The Hall–Kier alpha value is -1.19. The highest BCUT2D eigenvalue weighted by Gasteiger charge is 2.28. The standard InChI is InChI=1S/C16H24F3N3O.HI/c1-2-3-4-5-10-21-15(20)22-11-13-6-8-14(9-7-13)23-12-16(17,18)19;/h6-9H,2-5,10-12H2,1H3,(H3,20,21,22);1H. The van der Waals surface area contributed by atoms with Crippen LogP contribution in [0.15, 0.2) is 29.3 Å². The molecule has 1 aromatic carbocycles. The number of rotatable bonds is 9. The predicted octanol–water partition coefficient (Wildman–Crippen LogP) is 4.23. The molecule has 0 saturated carbocycles. The van der Waals surface area contributed by atoms with E-state index < -0.39 is 12.8 Å². The number of unbranched alkanes of at least 4 members (excludes halogenated alkanes) is 3. The lowest BCUT2D eigenvalue weighted by atomic mass is 10.2. The van der Waals surface area contributed by atoms with Gasteiger partial charge in [-0.25, -0.2) is 4.99 Å². The van der Waals surface area contributed by atoms with Crippen molar-refractivity contribution in [2.75, 3.05) is 13.2 Å². The highest BCUT2D eigenvalue weighted by molar-refractivity contribution is 14.0. The van der Waals surface area contributed by atoms with Crippen LogP contribution in [0.1, 0.15) is 38.2 Å². The van der Waals surface area contributed by atoms with Gasteiger partial charge in [0.2, 0.25) is 0 Å². The molecule has 0 spiro atoms. The van der Waals surface area contributed by atoms with Gasteiger partial charge in [-0.05, 0) is 24.1 Å². The van der Waals surface area contributed by atoms with Crippen molar-refractivity contribution in [2.24, 2.45) is 10.7 Å². The third-order valence-electron chi connectivity index (χ3n) is 3.09. The lowest BCUT2D eigenvalue weighted by Crippen LogP contribution is -2.32. The van der Waals surface area contributed by atoms with E-state index in [-0.39, 0.29) is 29.7 Å². The molecule has 0 saturated heterocycles. The van der Waals surface area contributed by atoms with Gasteiger partial charge in [-0.3, -0.25) is 0 Å². The Labute approximate surface area is 158 Å². The summed E-state index contributed by atoms with van der Waals surface area (Å²) < 4.78 is 40.7. The van der Waals surface area contributed by atoms with E-state index in [1.165, 1.54) is 25.0 Å². The van der Waals surface area contributed by atoms with E-state index in [2.05, 4.69) is 22.0 Å². The largest absolute Gasteiger partial charge is 0.484 e. The molecule has 8 heteroatoms. The average molecular weight is 459 g/mol. The minimum absolute atomic E-state index is 0. The van der Waals surface area contributed by atoms with Crippen molar-refractivity contribution in [3.8, 4) is 5.75 Å². The monoisotopic (exact) mass is 459 g/mol. The number of nitrogens with two attached hydrogens (primary N) is 1. The van der Waals surface area contributed by atoms with Crippen LogP contribution in [0.3, 0.4) is 0 Å². The Bertz CT molecular complexity index is 478. The summed E-state index contributed by atoms with van der Waals surface area (Å²) >= 11 is 0. The number of aliphatic imine (C=N–C) groups is 1. The third kappa shape index (κ3) is 11.4. The highest BCUT2D eigenvalue weighted by Crippen LogP contribution is 2.19. The summed E-state index contributed by atoms with van der Waals surface area (Å²) in [5, 5.41) is 3.04. The fraction of sp³-hybridized carbons (Fsp3) is 0.562. The molecule has 0 fully saturated rings. The predicted molar refractivity (Wildman–Crippen MR) is 101 cm³/mol. The molecule has 24 heavy (non-hydrogen) atoms. The highest BCUT2D eigenvalue weighted by atomic mass is 127. The minimum atomic E-state index is -4.33. The lowest BCUT2D eigenvalue weighted by molar-refractivity contribution is -0.153. The molecule has 1 rings (SSSR count). The second-order valence-corrected chi connectivity index (χ2v) is 5.24. The summed E-state index contributed by atoms with van der Waals surface area (Å²) in [5.74, 6) is 0.552. The molecular formula is C16H25F3IN3O. The molecule has 0 radical (unpaired) electrons. The van der Waals surface area contributed by atoms with Gasteiger partial charge < -0.3 is 15.8 Å². The van der Waals surface area contributed by atoms with Crippen molar-refractivity contribution in [2.45, 2.75) is 45.3 Å². The van der Waals surface area contributed by atoms with E-state index in [1.807, 2.05) is 0 Å². The van der Waals surface area contributed by atoms with Crippen LogP contribution in [-0.2, 0) is 6.54 Å². The number of guanidine groups is 1. The molecule has 0 bridgehead atoms. The molecule has 0 atom stereocenters. The van der Waals surface area contributed by atoms with Gasteiger partial charge in [0.25, 0.3) is 0 Å². The molecule has 0 aliphatic carbocycles. The Balaban J connectivity index is 0.00000529. The molecule has 0 aliphatic rings. The summed E-state index contributed by atoms with van der Waals surface area (Å²) in [6, 6.07) is 6.32. The van der Waals surface area contributed by atoms with Gasteiger partial charge in [0, 0.05) is 6.54 Å². The van der Waals surface area contributed by atoms with Gasteiger partial charge >= 0.3 is 6.18 Å². The van der Waals surface area contributed by atoms with E-state index in [0.29, 0.717) is 12.5 Å². The summed E-state index contributed by atoms with van der Waals surface area (Å²) in [4.78, 5) is 4.19. The minimum Gasteiger partial charge on any atom is -0.484 e. The smallest absolute Gasteiger partial charge is 0.422 e. The molecule has 0 unspecified atom stereocenters. The molecule has 0 amide bonds. The Morgan fingerprint density at radius 1 is 1.17 bits per heavy atom. The topological polar surface area (TPSA) is 59.6 Å². The lowest BCUT2D eigenvalue weighted by Gasteiger charge is -2.09. The van der Waals surface area contributed by atoms with E-state index in [0.717, 1.165) is 24.9 Å². The van der Waals surface area contributed by atoms with Crippen LogP contribution in [0.5, 0.6) is 5.75 Å². The number of nitrogens with one attached hydrogen (secondary N) is 1. The number of ether oxygens (including phenoxy) is 1. The van der Waals surface area contributed by atoms with Crippen LogP contribution in [0, 0.1) is 0 Å². The van der Waals surface area contributed by atoms with Crippen molar-refractivity contribution in [3.63, 3.8) is 0 Å². The normalized spacial score (nSPS) is 11.8. The zero-order valence-electron chi connectivity index (χ0n) is 13.7. The molecule has 138 valence electrons. The zero-order chi connectivity index (χ0) is 17.1. The van der Waals surface area contributed by atoms with Gasteiger partial charge in [0.15, 0.2) is 12.6 Å². The first-order valence-electron chi connectivity index (χ1n) is 7.73. The maximum Gasteiger partial charge on any atom is 0.422 e. The van der Waals surface area contributed by atoms with Crippen LogP contribution in [0.4, 0.5) is 13.2 Å². The van der Waals surface area contributed by atoms with Crippen molar-refractivity contribution in [3.05, 3.63) is 29.8 Å². The molecule has 1 aromatic rings. The van der Waals surface area contributed by atoms with Crippen LogP contribution >= 0.6 is 24.0 Å². The first-order valence-corrected chi connectivity index (χ1v) is 7.73. The number of benzene rings is 1. The SMILES string of the molecule is CCCCCCNC(N)=NCc1ccc(OCC(F)(F)F)cc1.I. The zero-order valence-corrected chi connectivity index (χ0v) is 16.1. The van der Waals surface area contributed by atoms with Gasteiger partial charge in [-0.15, -0.1) is 24.0 Å². The fourth-order valence-electron chi connectivity index (χ4n) is 1.86. The Morgan fingerprint density at radius 2 is 1.83 bits per heavy atom. The summed E-state index contributed by atoms with van der Waals surface area (Å²) in [5.41, 5.74) is 6.60. The number of hydrogen-bond donors (Lipinski definition) is 2. The number of hydrogen-bond acceptors (Lipinski definition) is 2. The summed E-state index contributed by atoms with van der Waals surface area (Å²) in [7, 11) is 0. The second kappa shape index (κ2) is 12.2. The number of halogens is 4. The van der Waals surface area contributed by atoms with E-state index in [4.69, 9.17) is 5.73 Å². The average Bonchev–Trinajstić information content (AvgIpc) is 2.51. The summed E-state index contributed by atoms with van der Waals surface area (Å²) in [6.07, 6.45) is 0.277. The Kier molecular flexibility index (Phi) is 11.6. The molecular weight excluding hydrogens is 434 g/mol. The molecule has 0 aliphatic heterocycles. The van der Waals surface area contributed by atoms with Crippen molar-refractivity contribution >= 4 is 29.9 Å². The van der Waals surface area contributed by atoms with Gasteiger partial charge in [-0.1, -0.05) is 38.3 Å². The van der Waals surface area contributed by atoms with E-state index >= 15 is 0 Å². The van der Waals surface area contributed by atoms with Crippen LogP contribution < -0.4 is 15.8 Å². The van der Waals surface area contributed by atoms with Gasteiger partial charge in [-0.2, -0.15) is 13.2 Å². The first-order chi connectivity index (χ1) is 10.9. The van der Waals surface area contributed by atoms with E-state index in [1.54, 1.807) is 12.1 Å². The quantitative estimate of drug-likeness (QED) is 0.252. The number of alkyl halides is 3. The maximum absolute atomic E-state index is 12.0. The summed E-state index contributed by atoms with van der Waals surface area (Å²) in [6.45, 7) is 2.02. The third-order valence-corrected chi connectivity index (χ3v) is 3.09. The fourth-order valence-corrected chi connectivity index (χ4v) is 1.86. The van der Waals surface area contributed by atoms with Crippen molar-refractivity contribution < 1.29 is 17.9 Å². The molecule has 4 nitrogen and oxygen atoms in total. The number of nitrogens with zero attached hydrogens (tertiary/aromatic N) is 1. The first kappa shape index (κ1) is 22.8. The maximum atomic E-state index is 12.0. The Morgan fingerprint density at radius 3 is 2.42 bits per heavy atom. The van der Waals surface area contributed by atoms with Gasteiger partial charge in [0.05, 0.1) is 6.54 Å². The van der Waals surface area contributed by atoms with Crippen LogP contribution in [-0.4, -0.2) is 25.3 Å². The molecule has 0 aromatic heterocycles. The second-order valence-electron chi connectivity index (χ2n) is 5.24. The van der Waals surface area contributed by atoms with Crippen molar-refractivity contribution in [1.29, 1.82) is 0 Å². The van der Waals surface area contributed by atoms with Crippen molar-refractivity contribution in [1.82, 2.24) is 5.32 Å². The molecule has 0 heterocycles. The van der Waals surface area contributed by atoms with Crippen LogP contribution in [0.2, 0.25) is 0 Å².